The lowest BCUT2D eigenvalue weighted by Crippen LogP contribution is -2.13. The van der Waals surface area contributed by atoms with Gasteiger partial charge in [0.25, 0.3) is 5.91 Å². The molecular weight excluding hydrogens is 574 g/mol. The average Bonchev–Trinajstić information content (AvgIpc) is 2.78. The Morgan fingerprint density at radius 2 is 1.94 bits per heavy atom. The summed E-state index contributed by atoms with van der Waals surface area (Å²) in [6.45, 7) is 2.69. The van der Waals surface area contributed by atoms with Crippen molar-refractivity contribution in [2.24, 2.45) is 0 Å². The van der Waals surface area contributed by atoms with E-state index in [1.54, 1.807) is 48.5 Å². The number of halogens is 3. The van der Waals surface area contributed by atoms with Gasteiger partial charge in [-0.1, -0.05) is 41.4 Å². The lowest BCUT2D eigenvalue weighted by atomic mass is 10.1. The number of anilines is 1. The Hall–Kier alpha value is -2.73. The van der Waals surface area contributed by atoms with Crippen molar-refractivity contribution in [3.8, 4) is 17.6 Å². The molecule has 3 aromatic carbocycles. The van der Waals surface area contributed by atoms with Gasteiger partial charge >= 0.3 is 0 Å². The zero-order chi connectivity index (χ0) is 23.8. The highest BCUT2D eigenvalue weighted by atomic mass is 127. The highest BCUT2D eigenvalue weighted by Gasteiger charge is 2.11. The van der Waals surface area contributed by atoms with Crippen LogP contribution in [-0.2, 0) is 11.4 Å². The summed E-state index contributed by atoms with van der Waals surface area (Å²) in [5, 5.41) is 13.3. The highest BCUT2D eigenvalue weighted by molar-refractivity contribution is 14.1. The lowest BCUT2D eigenvalue weighted by Gasteiger charge is -2.11. The summed E-state index contributed by atoms with van der Waals surface area (Å²) in [6.07, 6.45) is 1.53. The van der Waals surface area contributed by atoms with Crippen LogP contribution in [0.25, 0.3) is 6.08 Å². The van der Waals surface area contributed by atoms with Gasteiger partial charge in [0, 0.05) is 27.4 Å². The van der Waals surface area contributed by atoms with Crippen LogP contribution < -0.4 is 14.8 Å². The minimum absolute atomic E-state index is 0.0192. The standard InChI is InChI=1S/C25H19Cl2IN2O3/c1-2-32-21-5-3-4-20(13-21)30-25(31)18(14-29)10-16-6-9-24(23(28)11-16)33-15-17-7-8-19(26)12-22(17)27/h3-13H,2,15H2,1H3,(H,30,31)/b18-10-. The van der Waals surface area contributed by atoms with Gasteiger partial charge in [-0.25, -0.2) is 0 Å². The Morgan fingerprint density at radius 3 is 2.64 bits per heavy atom. The van der Waals surface area contributed by atoms with E-state index in [0.29, 0.717) is 39.4 Å². The zero-order valence-corrected chi connectivity index (χ0v) is 21.2. The molecule has 8 heteroatoms. The molecule has 3 aromatic rings. The molecule has 5 nitrogen and oxygen atoms in total. The number of hydrogen-bond donors (Lipinski definition) is 1. The van der Waals surface area contributed by atoms with Crippen LogP contribution in [-0.4, -0.2) is 12.5 Å². The van der Waals surface area contributed by atoms with Crippen LogP contribution >= 0.6 is 45.8 Å². The van der Waals surface area contributed by atoms with Crippen molar-refractivity contribution in [3.05, 3.63) is 91.0 Å². The van der Waals surface area contributed by atoms with Gasteiger partial charge < -0.3 is 14.8 Å². The van der Waals surface area contributed by atoms with Gasteiger partial charge in [-0.3, -0.25) is 4.79 Å². The first-order valence-electron chi connectivity index (χ1n) is 9.92. The largest absolute Gasteiger partial charge is 0.494 e. The molecule has 0 aromatic heterocycles. The lowest BCUT2D eigenvalue weighted by molar-refractivity contribution is -0.112. The third-order valence-electron chi connectivity index (χ3n) is 4.43. The molecule has 0 fully saturated rings. The molecule has 0 bridgehead atoms. The molecule has 0 unspecified atom stereocenters. The van der Waals surface area contributed by atoms with Gasteiger partial charge in [0.1, 0.15) is 29.7 Å². The van der Waals surface area contributed by atoms with E-state index in [9.17, 15) is 10.1 Å². The van der Waals surface area contributed by atoms with Crippen molar-refractivity contribution in [1.29, 1.82) is 5.26 Å². The van der Waals surface area contributed by atoms with Crippen LogP contribution in [0.2, 0.25) is 10.0 Å². The van der Waals surface area contributed by atoms with Gasteiger partial charge in [0.15, 0.2) is 0 Å². The Labute approximate surface area is 216 Å². The van der Waals surface area contributed by atoms with Gasteiger partial charge in [-0.05, 0) is 77.6 Å². The Balaban J connectivity index is 1.70. The Bertz CT molecular complexity index is 1240. The van der Waals surface area contributed by atoms with Gasteiger partial charge in [-0.2, -0.15) is 5.26 Å². The minimum Gasteiger partial charge on any atom is -0.494 e. The first-order chi connectivity index (χ1) is 15.9. The molecule has 0 aliphatic carbocycles. The number of nitrogens with one attached hydrogen (secondary N) is 1. The number of carbonyl (C=O) groups excluding carboxylic acids is 1. The summed E-state index contributed by atoms with van der Waals surface area (Å²) in [7, 11) is 0. The molecule has 0 saturated heterocycles. The van der Waals surface area contributed by atoms with Crippen LogP contribution in [0.4, 0.5) is 5.69 Å². The maximum absolute atomic E-state index is 12.6. The summed E-state index contributed by atoms with van der Waals surface area (Å²) in [5.74, 6) is 0.802. The van der Waals surface area contributed by atoms with Crippen molar-refractivity contribution in [2.75, 3.05) is 11.9 Å². The number of amides is 1. The van der Waals surface area contributed by atoms with Gasteiger partial charge in [0.2, 0.25) is 0 Å². The Morgan fingerprint density at radius 1 is 1.12 bits per heavy atom. The first-order valence-corrected chi connectivity index (χ1v) is 11.8. The van der Waals surface area contributed by atoms with Crippen molar-refractivity contribution in [1.82, 2.24) is 0 Å². The number of carbonyl (C=O) groups is 1. The number of benzene rings is 3. The van der Waals surface area contributed by atoms with E-state index in [0.717, 1.165) is 9.13 Å². The number of nitriles is 1. The molecule has 168 valence electrons. The van der Waals surface area contributed by atoms with E-state index in [2.05, 4.69) is 27.9 Å². The van der Waals surface area contributed by atoms with Crippen molar-refractivity contribution in [2.45, 2.75) is 13.5 Å². The number of ether oxygens (including phenoxy) is 2. The van der Waals surface area contributed by atoms with Crippen LogP contribution in [0.1, 0.15) is 18.1 Å². The summed E-state index contributed by atoms with van der Waals surface area (Å²) >= 11 is 14.3. The highest BCUT2D eigenvalue weighted by Crippen LogP contribution is 2.27. The monoisotopic (exact) mass is 592 g/mol. The summed E-state index contributed by atoms with van der Waals surface area (Å²) in [4.78, 5) is 12.6. The van der Waals surface area contributed by atoms with Gasteiger partial charge in [0.05, 0.1) is 10.2 Å². The molecule has 3 rings (SSSR count). The van der Waals surface area contributed by atoms with E-state index < -0.39 is 5.91 Å². The topological polar surface area (TPSA) is 71.3 Å². The van der Waals surface area contributed by atoms with E-state index in [4.69, 9.17) is 32.7 Å². The SMILES string of the molecule is CCOc1cccc(NC(=O)/C(C#N)=C\c2ccc(OCc3ccc(Cl)cc3Cl)c(I)c2)c1. The molecule has 0 spiro atoms. The Kier molecular flexibility index (Phi) is 9.01. The molecule has 0 heterocycles. The molecule has 0 atom stereocenters. The van der Waals surface area contributed by atoms with Crippen LogP contribution in [0.15, 0.2) is 66.2 Å². The molecule has 1 amide bonds. The fourth-order valence-electron chi connectivity index (χ4n) is 2.86. The fraction of sp³-hybridized carbons (Fsp3) is 0.120. The van der Waals surface area contributed by atoms with Crippen LogP contribution in [0.5, 0.6) is 11.5 Å². The predicted octanol–water partition coefficient (Wildman–Crippen LogP) is 7.12. The summed E-state index contributed by atoms with van der Waals surface area (Å²) in [5.41, 5.74) is 2.05. The van der Waals surface area contributed by atoms with E-state index >= 15 is 0 Å². The molecule has 0 saturated carbocycles. The van der Waals surface area contributed by atoms with Crippen molar-refractivity contribution < 1.29 is 14.3 Å². The van der Waals surface area contributed by atoms with E-state index in [-0.39, 0.29) is 12.2 Å². The first kappa shape index (κ1) is 24.9. The molecular formula is C25H19Cl2IN2O3. The third kappa shape index (κ3) is 7.13. The zero-order valence-electron chi connectivity index (χ0n) is 17.6. The van der Waals surface area contributed by atoms with Crippen molar-refractivity contribution in [3.63, 3.8) is 0 Å². The predicted molar refractivity (Wildman–Crippen MR) is 140 cm³/mol. The molecule has 33 heavy (non-hydrogen) atoms. The van der Waals surface area contributed by atoms with Crippen molar-refractivity contribution >= 4 is 63.5 Å². The smallest absolute Gasteiger partial charge is 0.266 e. The van der Waals surface area contributed by atoms with E-state index in [1.165, 1.54) is 6.08 Å². The maximum atomic E-state index is 12.6. The van der Waals surface area contributed by atoms with Crippen LogP contribution in [0, 0.1) is 14.9 Å². The molecule has 0 radical (unpaired) electrons. The third-order valence-corrected chi connectivity index (χ3v) is 5.86. The van der Waals surface area contributed by atoms with E-state index in [1.807, 2.05) is 25.1 Å². The average molecular weight is 593 g/mol. The second-order valence-electron chi connectivity index (χ2n) is 6.80. The fourth-order valence-corrected chi connectivity index (χ4v) is 4.02. The number of nitrogens with zero attached hydrogens (tertiary/aromatic N) is 1. The van der Waals surface area contributed by atoms with Crippen LogP contribution in [0.3, 0.4) is 0 Å². The number of rotatable bonds is 8. The number of hydrogen-bond acceptors (Lipinski definition) is 4. The second-order valence-corrected chi connectivity index (χ2v) is 8.80. The van der Waals surface area contributed by atoms with Gasteiger partial charge in [-0.15, -0.1) is 0 Å². The minimum atomic E-state index is -0.501. The quantitative estimate of drug-likeness (QED) is 0.172. The molecule has 1 N–H and O–H groups in total. The summed E-state index contributed by atoms with van der Waals surface area (Å²) in [6, 6.07) is 19.6. The molecule has 0 aliphatic rings. The normalized spacial score (nSPS) is 10.9. The summed E-state index contributed by atoms with van der Waals surface area (Å²) < 4.78 is 12.1. The maximum Gasteiger partial charge on any atom is 0.266 e. The second kappa shape index (κ2) is 11.9. The molecule has 0 aliphatic heterocycles.